The molecule has 0 amide bonds. The van der Waals surface area contributed by atoms with E-state index >= 15 is 0 Å². The van der Waals surface area contributed by atoms with E-state index in [1.54, 1.807) is 7.05 Å². The van der Waals surface area contributed by atoms with Gasteiger partial charge < -0.3 is 10.6 Å². The second-order valence-electron chi connectivity index (χ2n) is 5.89. The Bertz CT molecular complexity index is 901. The van der Waals surface area contributed by atoms with Crippen molar-refractivity contribution in [1.29, 1.82) is 0 Å². The van der Waals surface area contributed by atoms with E-state index in [0.29, 0.717) is 23.6 Å². The molecule has 2 aromatic carbocycles. The predicted molar refractivity (Wildman–Crippen MR) is 106 cm³/mol. The first-order chi connectivity index (χ1) is 12.3. The highest BCUT2D eigenvalue weighted by atomic mass is 79.9. The van der Waals surface area contributed by atoms with Crippen molar-refractivity contribution in [3.63, 3.8) is 0 Å². The summed E-state index contributed by atoms with van der Waals surface area (Å²) in [4.78, 5) is 4.14. The molecule has 0 heterocycles. The molecule has 0 atom stereocenters. The number of sulfone groups is 1. The van der Waals surface area contributed by atoms with Crippen LogP contribution in [0.5, 0.6) is 0 Å². The molecule has 0 saturated heterocycles. The first-order valence-electron chi connectivity index (χ1n) is 7.91. The summed E-state index contributed by atoms with van der Waals surface area (Å²) in [5.74, 6) is 0.00429. The van der Waals surface area contributed by atoms with E-state index in [9.17, 15) is 12.8 Å². The number of halogens is 2. The maximum absolute atomic E-state index is 13.6. The average molecular weight is 442 g/mol. The van der Waals surface area contributed by atoms with Crippen LogP contribution in [-0.4, -0.2) is 27.7 Å². The summed E-state index contributed by atoms with van der Waals surface area (Å²) in [5.41, 5.74) is 2.23. The van der Waals surface area contributed by atoms with Gasteiger partial charge in [0.2, 0.25) is 0 Å². The molecule has 8 heteroatoms. The Labute approximate surface area is 161 Å². The molecule has 0 unspecified atom stereocenters. The molecule has 0 aliphatic carbocycles. The van der Waals surface area contributed by atoms with E-state index in [-0.39, 0.29) is 12.3 Å². The van der Waals surface area contributed by atoms with Crippen LogP contribution in [0, 0.1) is 5.82 Å². The molecular weight excluding hydrogens is 421 g/mol. The third-order valence-electron chi connectivity index (χ3n) is 3.60. The van der Waals surface area contributed by atoms with E-state index in [2.05, 4.69) is 31.6 Å². The highest BCUT2D eigenvalue weighted by Crippen LogP contribution is 2.14. The fourth-order valence-corrected chi connectivity index (χ4v) is 3.71. The summed E-state index contributed by atoms with van der Waals surface area (Å²) in [6.45, 7) is 0.833. The van der Waals surface area contributed by atoms with Gasteiger partial charge in [0.1, 0.15) is 5.82 Å². The maximum atomic E-state index is 13.6. The van der Waals surface area contributed by atoms with Gasteiger partial charge in [0.15, 0.2) is 15.8 Å². The third kappa shape index (κ3) is 6.76. The van der Waals surface area contributed by atoms with Gasteiger partial charge in [-0.25, -0.2) is 12.8 Å². The fourth-order valence-electron chi connectivity index (χ4n) is 2.41. The zero-order valence-corrected chi connectivity index (χ0v) is 17.0. The van der Waals surface area contributed by atoms with Crippen LogP contribution in [0.1, 0.15) is 16.7 Å². The first-order valence-corrected chi connectivity index (χ1v) is 10.8. The van der Waals surface area contributed by atoms with Gasteiger partial charge in [-0.15, -0.1) is 0 Å². The second-order valence-corrected chi connectivity index (χ2v) is 8.95. The summed E-state index contributed by atoms with van der Waals surface area (Å²) >= 11 is 3.43. The van der Waals surface area contributed by atoms with Crippen molar-refractivity contribution in [2.24, 2.45) is 4.99 Å². The molecule has 5 nitrogen and oxygen atoms in total. The molecule has 0 saturated carbocycles. The van der Waals surface area contributed by atoms with Gasteiger partial charge in [0.05, 0.1) is 5.75 Å². The molecule has 26 heavy (non-hydrogen) atoms. The average Bonchev–Trinajstić information content (AvgIpc) is 2.56. The van der Waals surface area contributed by atoms with Crippen molar-refractivity contribution in [3.05, 3.63) is 69.4 Å². The zero-order chi connectivity index (χ0) is 19.2. The van der Waals surface area contributed by atoms with E-state index in [4.69, 9.17) is 0 Å². The summed E-state index contributed by atoms with van der Waals surface area (Å²) in [5, 5.41) is 6.26. The lowest BCUT2D eigenvalue weighted by Gasteiger charge is -2.14. The maximum Gasteiger partial charge on any atom is 0.191 e. The van der Waals surface area contributed by atoms with E-state index < -0.39 is 15.7 Å². The van der Waals surface area contributed by atoms with E-state index in [1.165, 1.54) is 18.2 Å². The molecule has 0 aromatic heterocycles. The Morgan fingerprint density at radius 3 is 2.50 bits per heavy atom. The van der Waals surface area contributed by atoms with Crippen LogP contribution < -0.4 is 10.6 Å². The first kappa shape index (κ1) is 20.4. The molecule has 140 valence electrons. The highest BCUT2D eigenvalue weighted by molar-refractivity contribution is 9.10. The van der Waals surface area contributed by atoms with E-state index in [1.807, 2.05) is 24.3 Å². The van der Waals surface area contributed by atoms with Gasteiger partial charge in [-0.3, -0.25) is 4.99 Å². The number of aliphatic imine (C=N–C) groups is 1. The lowest BCUT2D eigenvalue weighted by atomic mass is 10.1. The molecular formula is C18H21BrFN3O2S. The minimum atomic E-state index is -3.21. The number of hydrogen-bond donors (Lipinski definition) is 2. The Balaban J connectivity index is 2.03. The van der Waals surface area contributed by atoms with Crippen LogP contribution in [-0.2, 0) is 28.7 Å². The van der Waals surface area contributed by atoms with Crippen LogP contribution >= 0.6 is 15.9 Å². The van der Waals surface area contributed by atoms with Crippen LogP contribution in [0.2, 0.25) is 0 Å². The zero-order valence-electron chi connectivity index (χ0n) is 14.6. The molecule has 0 radical (unpaired) electrons. The third-order valence-corrected chi connectivity index (χ3v) is 4.93. The van der Waals surface area contributed by atoms with Crippen molar-refractivity contribution in [2.45, 2.75) is 18.8 Å². The smallest absolute Gasteiger partial charge is 0.191 e. The van der Waals surface area contributed by atoms with Crippen LogP contribution in [0.25, 0.3) is 0 Å². The molecule has 2 rings (SSSR count). The van der Waals surface area contributed by atoms with Gasteiger partial charge in [-0.2, -0.15) is 0 Å². The Morgan fingerprint density at radius 2 is 1.85 bits per heavy atom. The highest BCUT2D eigenvalue weighted by Gasteiger charge is 2.11. The number of hydrogen-bond acceptors (Lipinski definition) is 3. The molecule has 0 spiro atoms. The number of rotatable bonds is 6. The predicted octanol–water partition coefficient (Wildman–Crippen LogP) is 3.00. The topological polar surface area (TPSA) is 70.6 Å². The lowest BCUT2D eigenvalue weighted by Crippen LogP contribution is -2.36. The van der Waals surface area contributed by atoms with Crippen molar-refractivity contribution in [3.8, 4) is 0 Å². The van der Waals surface area contributed by atoms with Crippen LogP contribution in [0.4, 0.5) is 4.39 Å². The molecule has 2 aromatic rings. The fraction of sp³-hybridized carbons (Fsp3) is 0.278. The van der Waals surface area contributed by atoms with Gasteiger partial charge in [-0.05, 0) is 41.0 Å². The number of nitrogens with one attached hydrogen (secondary N) is 2. The summed E-state index contributed by atoms with van der Waals surface area (Å²) in [6.07, 6.45) is 1.16. The van der Waals surface area contributed by atoms with Gasteiger partial charge in [0.25, 0.3) is 0 Å². The minimum Gasteiger partial charge on any atom is -0.352 e. The van der Waals surface area contributed by atoms with Gasteiger partial charge in [0, 0.05) is 30.9 Å². The molecule has 0 aliphatic rings. The summed E-state index contributed by atoms with van der Waals surface area (Å²) in [6, 6.07) is 12.0. The van der Waals surface area contributed by atoms with Crippen molar-refractivity contribution in [1.82, 2.24) is 10.6 Å². The van der Waals surface area contributed by atoms with Gasteiger partial charge >= 0.3 is 0 Å². The number of nitrogens with zero attached hydrogens (tertiary/aromatic N) is 1. The number of benzene rings is 2. The van der Waals surface area contributed by atoms with Gasteiger partial charge in [-0.1, -0.05) is 34.1 Å². The van der Waals surface area contributed by atoms with Crippen molar-refractivity contribution in [2.75, 3.05) is 13.3 Å². The molecule has 0 fully saturated rings. The Hall–Kier alpha value is -1.93. The Kier molecular flexibility index (Phi) is 7.16. The van der Waals surface area contributed by atoms with Crippen molar-refractivity contribution >= 4 is 31.7 Å². The summed E-state index contributed by atoms with van der Waals surface area (Å²) in [7, 11) is -1.57. The normalized spacial score (nSPS) is 12.1. The quantitative estimate of drug-likeness (QED) is 0.533. The molecule has 2 N–H and O–H groups in total. The minimum absolute atomic E-state index is 0.131. The summed E-state index contributed by atoms with van der Waals surface area (Å²) < 4.78 is 37.7. The lowest BCUT2D eigenvalue weighted by molar-refractivity contribution is 0.599. The molecule has 0 aliphatic heterocycles. The monoisotopic (exact) mass is 441 g/mol. The van der Waals surface area contributed by atoms with Crippen LogP contribution in [0.15, 0.2) is 51.9 Å². The molecule has 0 bridgehead atoms. The standard InChI is InChI=1S/C18H21BrFN3O2S/c1-21-18(22-10-13-4-3-5-16(19)8-13)23-11-15-9-17(20)7-6-14(15)12-26(2,24)25/h3-9H,10-12H2,1-2H3,(H2,21,22,23). The largest absolute Gasteiger partial charge is 0.352 e. The van der Waals surface area contributed by atoms with Crippen LogP contribution in [0.3, 0.4) is 0 Å². The number of guanidine groups is 1. The van der Waals surface area contributed by atoms with E-state index in [0.717, 1.165) is 16.3 Å². The second kappa shape index (κ2) is 9.14. The SMILES string of the molecule is CN=C(NCc1cccc(Br)c1)NCc1cc(F)ccc1CS(C)(=O)=O. The van der Waals surface area contributed by atoms with Crippen molar-refractivity contribution < 1.29 is 12.8 Å². The Morgan fingerprint density at radius 1 is 1.12 bits per heavy atom.